The molecule has 0 aromatic rings. The van der Waals surface area contributed by atoms with Gasteiger partial charge in [-0.05, 0) is 18.8 Å². The van der Waals surface area contributed by atoms with Gasteiger partial charge >= 0.3 is 0 Å². The summed E-state index contributed by atoms with van der Waals surface area (Å²) in [5.41, 5.74) is -0.324. The van der Waals surface area contributed by atoms with Crippen LogP contribution in [0.2, 0.25) is 0 Å². The van der Waals surface area contributed by atoms with Gasteiger partial charge in [0.1, 0.15) is 0 Å². The van der Waals surface area contributed by atoms with Gasteiger partial charge < -0.3 is 4.90 Å². The van der Waals surface area contributed by atoms with Gasteiger partial charge in [-0.1, -0.05) is 0 Å². The Labute approximate surface area is 126 Å². The van der Waals surface area contributed by atoms with E-state index in [1.54, 1.807) is 0 Å². The maximum Gasteiger partial charge on any atom is 0.222 e. The van der Waals surface area contributed by atoms with Crippen molar-refractivity contribution in [2.24, 2.45) is 16.1 Å². The minimum Gasteiger partial charge on any atom is -0.340 e. The zero-order valence-corrected chi connectivity index (χ0v) is 12.6. The molecule has 2 fully saturated rings. The molecular formula is C16H24N4O. The Morgan fingerprint density at radius 2 is 1.90 bits per heavy atom. The van der Waals surface area contributed by atoms with Crippen LogP contribution in [0, 0.1) is 18.3 Å². The molecule has 3 aliphatic rings. The van der Waals surface area contributed by atoms with Crippen LogP contribution in [0.5, 0.6) is 0 Å². The molecule has 1 aliphatic carbocycles. The van der Waals surface area contributed by atoms with Gasteiger partial charge in [0.15, 0.2) is 5.66 Å². The highest BCUT2D eigenvalue weighted by Crippen LogP contribution is 2.37. The summed E-state index contributed by atoms with van der Waals surface area (Å²) in [5.74, 6) is 3.80. The molecule has 1 saturated heterocycles. The van der Waals surface area contributed by atoms with Crippen LogP contribution in [-0.4, -0.2) is 54.1 Å². The highest BCUT2D eigenvalue weighted by molar-refractivity contribution is 5.76. The first kappa shape index (κ1) is 14.5. The number of amides is 1. The molecule has 0 radical (unpaired) electrons. The van der Waals surface area contributed by atoms with E-state index < -0.39 is 0 Å². The van der Waals surface area contributed by atoms with E-state index in [9.17, 15) is 4.79 Å². The molecule has 2 heterocycles. The van der Waals surface area contributed by atoms with E-state index in [-0.39, 0.29) is 11.6 Å². The second kappa shape index (κ2) is 6.15. The number of nitrogens with zero attached hydrogens (tertiary/aromatic N) is 4. The zero-order chi connectivity index (χ0) is 14.7. The maximum absolute atomic E-state index is 12.3. The molecule has 0 aromatic carbocycles. The Morgan fingerprint density at radius 1 is 1.19 bits per heavy atom. The van der Waals surface area contributed by atoms with Crippen molar-refractivity contribution in [3.8, 4) is 12.3 Å². The molecule has 3 rings (SSSR count). The van der Waals surface area contributed by atoms with E-state index in [0.717, 1.165) is 44.9 Å². The molecule has 1 saturated carbocycles. The van der Waals surface area contributed by atoms with Gasteiger partial charge in [0.05, 0.1) is 0 Å². The molecule has 0 atom stereocenters. The normalized spacial score (nSPS) is 23.9. The van der Waals surface area contributed by atoms with Gasteiger partial charge in [0.2, 0.25) is 5.91 Å². The fourth-order valence-corrected chi connectivity index (χ4v) is 2.98. The zero-order valence-electron chi connectivity index (χ0n) is 12.6. The highest BCUT2D eigenvalue weighted by Gasteiger charge is 2.39. The highest BCUT2D eigenvalue weighted by atomic mass is 16.2. The molecule has 21 heavy (non-hydrogen) atoms. The van der Waals surface area contributed by atoms with Gasteiger partial charge in [-0.3, -0.25) is 9.69 Å². The van der Waals surface area contributed by atoms with Gasteiger partial charge in [-0.15, -0.1) is 12.3 Å². The van der Waals surface area contributed by atoms with E-state index in [1.165, 1.54) is 19.4 Å². The molecule has 5 nitrogen and oxygen atoms in total. The van der Waals surface area contributed by atoms with E-state index in [2.05, 4.69) is 21.0 Å². The van der Waals surface area contributed by atoms with E-state index >= 15 is 0 Å². The third-order valence-corrected chi connectivity index (χ3v) is 4.73. The van der Waals surface area contributed by atoms with Crippen LogP contribution in [0.4, 0.5) is 0 Å². The number of carbonyl (C=O) groups excluding carboxylic acids is 1. The van der Waals surface area contributed by atoms with Crippen LogP contribution in [0.3, 0.4) is 0 Å². The first-order chi connectivity index (χ1) is 10.2. The van der Waals surface area contributed by atoms with Gasteiger partial charge in [0.25, 0.3) is 0 Å². The minimum absolute atomic E-state index is 0.249. The van der Waals surface area contributed by atoms with Crippen LogP contribution in [-0.2, 0) is 4.79 Å². The summed E-state index contributed by atoms with van der Waals surface area (Å²) < 4.78 is 0. The lowest BCUT2D eigenvalue weighted by atomic mass is 10.0. The number of carbonyl (C=O) groups is 1. The summed E-state index contributed by atoms with van der Waals surface area (Å²) in [4.78, 5) is 16.8. The molecule has 0 aromatic heterocycles. The predicted octanol–water partition coefficient (Wildman–Crippen LogP) is 1.90. The molecule has 114 valence electrons. The van der Waals surface area contributed by atoms with Crippen molar-refractivity contribution in [2.75, 3.05) is 32.7 Å². The number of rotatable bonds is 7. The molecule has 2 aliphatic heterocycles. The third kappa shape index (κ3) is 4.04. The Hall–Kier alpha value is -1.41. The lowest BCUT2D eigenvalue weighted by Gasteiger charge is -2.35. The Bertz CT molecular complexity index is 449. The molecule has 0 N–H and O–H groups in total. The summed E-state index contributed by atoms with van der Waals surface area (Å²) >= 11 is 0. The van der Waals surface area contributed by atoms with Crippen LogP contribution in [0.1, 0.15) is 38.5 Å². The quantitative estimate of drug-likeness (QED) is 0.672. The standard InChI is InChI=1S/C16H24N4O/c1-2-3-7-16(17-18-16)8-6-15(21)20-11-9-19(10-12-20)13-14-4-5-14/h1,14H,3-13H2. The maximum atomic E-state index is 12.3. The summed E-state index contributed by atoms with van der Waals surface area (Å²) in [7, 11) is 0. The molecular weight excluding hydrogens is 264 g/mol. The van der Waals surface area contributed by atoms with Crippen LogP contribution in [0.15, 0.2) is 10.2 Å². The first-order valence-electron chi connectivity index (χ1n) is 8.08. The lowest BCUT2D eigenvalue weighted by Crippen LogP contribution is -2.49. The van der Waals surface area contributed by atoms with Crippen LogP contribution >= 0.6 is 0 Å². The monoisotopic (exact) mass is 288 g/mol. The van der Waals surface area contributed by atoms with Gasteiger partial charge in [-0.25, -0.2) is 0 Å². The third-order valence-electron chi connectivity index (χ3n) is 4.73. The van der Waals surface area contributed by atoms with Crippen molar-refractivity contribution >= 4 is 5.91 Å². The largest absolute Gasteiger partial charge is 0.340 e. The molecule has 0 unspecified atom stereocenters. The van der Waals surface area contributed by atoms with E-state index in [0.29, 0.717) is 12.8 Å². The van der Waals surface area contributed by atoms with Crippen molar-refractivity contribution in [1.29, 1.82) is 0 Å². The Morgan fingerprint density at radius 3 is 2.48 bits per heavy atom. The average molecular weight is 288 g/mol. The number of piperazine rings is 1. The van der Waals surface area contributed by atoms with E-state index in [4.69, 9.17) is 6.42 Å². The topological polar surface area (TPSA) is 48.3 Å². The molecule has 0 bridgehead atoms. The van der Waals surface area contributed by atoms with Crippen molar-refractivity contribution in [2.45, 2.75) is 44.2 Å². The predicted molar refractivity (Wildman–Crippen MR) is 80.6 cm³/mol. The molecule has 5 heteroatoms. The van der Waals surface area contributed by atoms with Crippen molar-refractivity contribution in [3.05, 3.63) is 0 Å². The second-order valence-electron chi connectivity index (χ2n) is 6.51. The SMILES string of the molecule is C#CCCC1(CCC(=O)N2CCN(CC3CC3)CC2)N=N1. The number of hydrogen-bond donors (Lipinski definition) is 0. The Balaban J connectivity index is 1.35. The molecule has 0 spiro atoms. The summed E-state index contributed by atoms with van der Waals surface area (Å²) in [6, 6.07) is 0. The lowest BCUT2D eigenvalue weighted by molar-refractivity contribution is -0.133. The fourth-order valence-electron chi connectivity index (χ4n) is 2.98. The smallest absolute Gasteiger partial charge is 0.222 e. The fraction of sp³-hybridized carbons (Fsp3) is 0.812. The van der Waals surface area contributed by atoms with Gasteiger partial charge in [0, 0.05) is 58.4 Å². The van der Waals surface area contributed by atoms with Crippen molar-refractivity contribution in [3.63, 3.8) is 0 Å². The Kier molecular flexibility index (Phi) is 4.25. The number of terminal acetylenes is 1. The number of hydrogen-bond acceptors (Lipinski definition) is 4. The average Bonchev–Trinajstić information content (AvgIpc) is 3.41. The minimum atomic E-state index is -0.324. The van der Waals surface area contributed by atoms with Crippen LogP contribution < -0.4 is 0 Å². The summed E-state index contributed by atoms with van der Waals surface area (Å²) in [6.07, 6.45) is 10.8. The first-order valence-corrected chi connectivity index (χ1v) is 8.08. The summed E-state index contributed by atoms with van der Waals surface area (Å²) in [5, 5.41) is 8.18. The van der Waals surface area contributed by atoms with E-state index in [1.807, 2.05) is 4.90 Å². The second-order valence-corrected chi connectivity index (χ2v) is 6.51. The summed E-state index contributed by atoms with van der Waals surface area (Å²) in [6.45, 7) is 5.03. The van der Waals surface area contributed by atoms with Crippen LogP contribution in [0.25, 0.3) is 0 Å². The van der Waals surface area contributed by atoms with Gasteiger partial charge in [-0.2, -0.15) is 10.2 Å². The molecule has 1 amide bonds. The van der Waals surface area contributed by atoms with Crippen molar-refractivity contribution < 1.29 is 4.79 Å². The van der Waals surface area contributed by atoms with Crippen molar-refractivity contribution in [1.82, 2.24) is 9.80 Å².